The maximum Gasteiger partial charge on any atom is 0.247 e. The summed E-state index contributed by atoms with van der Waals surface area (Å²) in [5.74, 6) is -0.500. The van der Waals surface area contributed by atoms with E-state index in [0.717, 1.165) is 11.1 Å². The average Bonchev–Trinajstić information content (AvgIpc) is 2.86. The predicted octanol–water partition coefficient (Wildman–Crippen LogP) is 1.36. The third-order valence-electron chi connectivity index (χ3n) is 4.09. The molecule has 1 aliphatic rings. The molecule has 0 unspecified atom stereocenters. The van der Waals surface area contributed by atoms with E-state index >= 15 is 0 Å². The Morgan fingerprint density at radius 1 is 1.43 bits per heavy atom. The lowest BCUT2D eigenvalue weighted by Gasteiger charge is -2.21. The van der Waals surface area contributed by atoms with Gasteiger partial charge in [-0.05, 0) is 36.6 Å². The maximum atomic E-state index is 12.4. The Kier molecular flexibility index (Phi) is 5.16. The van der Waals surface area contributed by atoms with Crippen molar-refractivity contribution in [2.45, 2.75) is 32.4 Å². The highest BCUT2D eigenvalue weighted by molar-refractivity contribution is 5.99. The van der Waals surface area contributed by atoms with Crippen molar-refractivity contribution in [1.82, 2.24) is 10.2 Å². The summed E-state index contributed by atoms with van der Waals surface area (Å²) >= 11 is 0. The van der Waals surface area contributed by atoms with Crippen molar-refractivity contribution in [3.05, 3.63) is 42.0 Å². The highest BCUT2D eigenvalue weighted by atomic mass is 16.2. The summed E-state index contributed by atoms with van der Waals surface area (Å²) < 4.78 is 0. The molecule has 1 atom stereocenters. The van der Waals surface area contributed by atoms with Crippen LogP contribution in [0, 0.1) is 6.92 Å². The molecule has 6 nitrogen and oxygen atoms in total. The topological polar surface area (TPSA) is 78.5 Å². The number of rotatable bonds is 5. The van der Waals surface area contributed by atoms with E-state index in [0.29, 0.717) is 25.1 Å². The molecule has 23 heavy (non-hydrogen) atoms. The number of hydrogen-bond acceptors (Lipinski definition) is 3. The van der Waals surface area contributed by atoms with Crippen LogP contribution in [0.25, 0.3) is 0 Å². The van der Waals surface area contributed by atoms with Gasteiger partial charge in [-0.15, -0.1) is 0 Å². The van der Waals surface area contributed by atoms with Crippen LogP contribution < -0.4 is 10.6 Å². The molecule has 2 N–H and O–H groups in total. The lowest BCUT2D eigenvalue weighted by atomic mass is 10.1. The van der Waals surface area contributed by atoms with Crippen LogP contribution in [0.2, 0.25) is 0 Å². The molecular weight excluding hydrogens is 294 g/mol. The van der Waals surface area contributed by atoms with Crippen molar-refractivity contribution in [2.24, 2.45) is 0 Å². The Bertz CT molecular complexity index is 654. The van der Waals surface area contributed by atoms with Crippen LogP contribution in [0.4, 0.5) is 5.69 Å². The van der Waals surface area contributed by atoms with Crippen molar-refractivity contribution >= 4 is 23.4 Å². The van der Waals surface area contributed by atoms with Crippen molar-refractivity contribution in [1.29, 1.82) is 0 Å². The Labute approximate surface area is 135 Å². The van der Waals surface area contributed by atoms with Gasteiger partial charge in [-0.1, -0.05) is 18.7 Å². The lowest BCUT2D eigenvalue weighted by Crippen LogP contribution is -2.39. The summed E-state index contributed by atoms with van der Waals surface area (Å²) in [6.45, 7) is 5.63. The molecule has 0 saturated carbocycles. The predicted molar refractivity (Wildman–Crippen MR) is 87.6 cm³/mol. The molecule has 0 radical (unpaired) electrons. The zero-order chi connectivity index (χ0) is 17.0. The van der Waals surface area contributed by atoms with E-state index in [-0.39, 0.29) is 17.7 Å². The molecule has 1 aliphatic heterocycles. The molecule has 6 heteroatoms. The Morgan fingerprint density at radius 3 is 2.78 bits per heavy atom. The molecule has 0 aliphatic carbocycles. The third-order valence-corrected chi connectivity index (χ3v) is 4.09. The van der Waals surface area contributed by atoms with Gasteiger partial charge in [0.1, 0.15) is 6.04 Å². The van der Waals surface area contributed by atoms with Gasteiger partial charge in [0.2, 0.25) is 17.7 Å². The van der Waals surface area contributed by atoms with Gasteiger partial charge >= 0.3 is 0 Å². The molecule has 3 amide bonds. The molecule has 1 saturated heterocycles. The second-order valence-corrected chi connectivity index (χ2v) is 5.57. The van der Waals surface area contributed by atoms with Crippen molar-refractivity contribution in [3.8, 4) is 0 Å². The largest absolute Gasteiger partial charge is 0.348 e. The van der Waals surface area contributed by atoms with Crippen LogP contribution in [0.15, 0.2) is 30.9 Å². The monoisotopic (exact) mass is 315 g/mol. The number of hydrogen-bond donors (Lipinski definition) is 2. The molecule has 1 fully saturated rings. The normalized spacial score (nSPS) is 17.0. The number of carbonyl (C=O) groups is 3. The van der Waals surface area contributed by atoms with Crippen LogP contribution in [-0.4, -0.2) is 35.7 Å². The summed E-state index contributed by atoms with van der Waals surface area (Å²) in [7, 11) is 1.64. The zero-order valence-electron chi connectivity index (χ0n) is 13.4. The molecule has 0 bridgehead atoms. The average molecular weight is 315 g/mol. The quantitative estimate of drug-likeness (QED) is 0.805. The minimum atomic E-state index is -0.446. The lowest BCUT2D eigenvalue weighted by molar-refractivity contribution is -0.131. The summed E-state index contributed by atoms with van der Waals surface area (Å²) in [4.78, 5) is 36.8. The first kappa shape index (κ1) is 16.7. The molecule has 122 valence electrons. The summed E-state index contributed by atoms with van der Waals surface area (Å²) in [5, 5.41) is 5.59. The Balaban J connectivity index is 2.14. The number of aryl methyl sites for hydroxylation is 1. The number of benzene rings is 1. The van der Waals surface area contributed by atoms with E-state index in [1.807, 2.05) is 19.1 Å². The first-order valence-electron chi connectivity index (χ1n) is 7.49. The van der Waals surface area contributed by atoms with Crippen LogP contribution in [-0.2, 0) is 20.9 Å². The first-order valence-corrected chi connectivity index (χ1v) is 7.49. The van der Waals surface area contributed by atoms with Crippen LogP contribution in [0.5, 0.6) is 0 Å². The van der Waals surface area contributed by atoms with Crippen LogP contribution in [0.3, 0.4) is 0 Å². The highest BCUT2D eigenvalue weighted by Gasteiger charge is 2.33. The Morgan fingerprint density at radius 2 is 2.17 bits per heavy atom. The molecular formula is C17H21N3O3. The minimum Gasteiger partial charge on any atom is -0.348 e. The van der Waals surface area contributed by atoms with E-state index < -0.39 is 6.04 Å². The summed E-state index contributed by atoms with van der Waals surface area (Å²) in [5.41, 5.74) is 2.44. The van der Waals surface area contributed by atoms with E-state index in [2.05, 4.69) is 17.2 Å². The summed E-state index contributed by atoms with van der Waals surface area (Å²) in [6, 6.07) is 5.10. The van der Waals surface area contributed by atoms with E-state index in [9.17, 15) is 14.4 Å². The molecule has 1 heterocycles. The molecule has 1 aromatic carbocycles. The second-order valence-electron chi connectivity index (χ2n) is 5.57. The number of likely N-dealkylation sites (tertiary alicyclic amines) is 1. The van der Waals surface area contributed by atoms with Gasteiger partial charge in [0.25, 0.3) is 0 Å². The Hall–Kier alpha value is -2.63. The standard InChI is InChI=1S/C17H21N3O3/c1-4-15(21)18-10-12-11(2)6-5-7-13(12)19-17(23)14-8-9-16(22)20(14)3/h4-7,14H,1,8-10H2,2-3H3,(H,18,21)(H,19,23)/t14-/m0/s1. The van der Waals surface area contributed by atoms with Gasteiger partial charge in [0.05, 0.1) is 0 Å². The number of anilines is 1. The number of amides is 3. The van der Waals surface area contributed by atoms with Gasteiger partial charge in [0.15, 0.2) is 0 Å². The van der Waals surface area contributed by atoms with Gasteiger partial charge < -0.3 is 15.5 Å². The third kappa shape index (κ3) is 3.77. The van der Waals surface area contributed by atoms with Crippen LogP contribution in [0.1, 0.15) is 24.0 Å². The number of carbonyl (C=O) groups excluding carboxylic acids is 3. The van der Waals surface area contributed by atoms with Gasteiger partial charge in [-0.2, -0.15) is 0 Å². The van der Waals surface area contributed by atoms with Gasteiger partial charge in [-0.3, -0.25) is 14.4 Å². The molecule has 2 rings (SSSR count). The first-order chi connectivity index (χ1) is 10.9. The fourth-order valence-corrected chi connectivity index (χ4v) is 2.63. The van der Waals surface area contributed by atoms with Crippen molar-refractivity contribution < 1.29 is 14.4 Å². The highest BCUT2D eigenvalue weighted by Crippen LogP contribution is 2.22. The number of nitrogens with zero attached hydrogens (tertiary/aromatic N) is 1. The second kappa shape index (κ2) is 7.09. The smallest absolute Gasteiger partial charge is 0.247 e. The van der Waals surface area contributed by atoms with Crippen LogP contribution >= 0.6 is 0 Å². The molecule has 1 aromatic rings. The zero-order valence-corrected chi connectivity index (χ0v) is 13.4. The van der Waals surface area contributed by atoms with Gasteiger partial charge in [0, 0.05) is 25.7 Å². The summed E-state index contributed by atoms with van der Waals surface area (Å²) in [6.07, 6.45) is 2.12. The maximum absolute atomic E-state index is 12.4. The molecule has 0 spiro atoms. The van der Waals surface area contributed by atoms with Crippen molar-refractivity contribution in [3.63, 3.8) is 0 Å². The van der Waals surface area contributed by atoms with E-state index in [1.54, 1.807) is 13.1 Å². The number of nitrogens with one attached hydrogen (secondary N) is 2. The van der Waals surface area contributed by atoms with Gasteiger partial charge in [-0.25, -0.2) is 0 Å². The van der Waals surface area contributed by atoms with E-state index in [1.165, 1.54) is 11.0 Å². The molecule has 0 aromatic heterocycles. The SMILES string of the molecule is C=CC(=O)NCc1c(C)cccc1NC(=O)[C@@H]1CCC(=O)N1C. The van der Waals surface area contributed by atoms with E-state index in [4.69, 9.17) is 0 Å². The number of likely N-dealkylation sites (N-methyl/N-ethyl adjacent to an activating group) is 1. The fourth-order valence-electron chi connectivity index (χ4n) is 2.63. The fraction of sp³-hybridized carbons (Fsp3) is 0.353. The van der Waals surface area contributed by atoms with Crippen molar-refractivity contribution in [2.75, 3.05) is 12.4 Å². The minimum absolute atomic E-state index is 0.0205.